The van der Waals surface area contributed by atoms with Gasteiger partial charge in [0.2, 0.25) is 0 Å². The largest absolute Gasteiger partial charge is 0.399 e. The summed E-state index contributed by atoms with van der Waals surface area (Å²) < 4.78 is 18.9. The highest BCUT2D eigenvalue weighted by Gasteiger charge is 2.20. The van der Waals surface area contributed by atoms with E-state index in [1.165, 1.54) is 5.41 Å². The van der Waals surface area contributed by atoms with Crippen LogP contribution in [-0.4, -0.2) is 9.11 Å². The lowest BCUT2D eigenvalue weighted by atomic mass is 10.2. The third kappa shape index (κ3) is 1.01. The Bertz CT molecular complexity index is 360. The Morgan fingerprint density at radius 1 is 1.25 bits per heavy atom. The predicted octanol–water partition coefficient (Wildman–Crippen LogP) is 2.36. The van der Waals surface area contributed by atoms with Gasteiger partial charge in [-0.2, -0.15) is 0 Å². The smallest absolute Gasteiger partial charge is 0.0723 e. The van der Waals surface area contributed by atoms with Gasteiger partial charge in [0, 0.05) is 11.1 Å². The summed E-state index contributed by atoms with van der Waals surface area (Å²) in [7, 11) is -2.69. The predicted molar refractivity (Wildman–Crippen MR) is 51.0 cm³/mol. The van der Waals surface area contributed by atoms with Gasteiger partial charge >= 0.3 is 0 Å². The summed E-state index contributed by atoms with van der Waals surface area (Å²) in [6.07, 6.45) is 1.70. The van der Waals surface area contributed by atoms with Crippen molar-refractivity contribution in [3.8, 4) is 0 Å². The maximum Gasteiger partial charge on any atom is 0.0723 e. The highest BCUT2D eigenvalue weighted by atomic mass is 32.3. The first-order valence-electron chi connectivity index (χ1n) is 3.45. The Balaban J connectivity index is 2.63. The Morgan fingerprint density at radius 2 is 2.00 bits per heavy atom. The molecular weight excluding hydrogens is 174 g/mol. The average Bonchev–Trinajstić information content (AvgIpc) is 2.28. The number of nitrogen functional groups attached to an aromatic ring is 1. The molecule has 64 valence electrons. The SMILES string of the molecule is Nc1ccc2c(c1)S(O)(O)C=C2. The molecule has 0 aromatic heterocycles. The molecule has 12 heavy (non-hydrogen) atoms. The van der Waals surface area contributed by atoms with Crippen molar-refractivity contribution in [2.45, 2.75) is 4.90 Å². The summed E-state index contributed by atoms with van der Waals surface area (Å²) in [5, 5.41) is 1.41. The number of rotatable bonds is 0. The average molecular weight is 183 g/mol. The van der Waals surface area contributed by atoms with Crippen molar-refractivity contribution in [2.24, 2.45) is 0 Å². The fourth-order valence-corrected chi connectivity index (χ4v) is 2.47. The van der Waals surface area contributed by atoms with Crippen LogP contribution in [0.25, 0.3) is 6.08 Å². The third-order valence-electron chi connectivity index (χ3n) is 1.80. The summed E-state index contributed by atoms with van der Waals surface area (Å²) in [4.78, 5) is 0.530. The molecule has 0 saturated heterocycles. The van der Waals surface area contributed by atoms with Gasteiger partial charge in [-0.15, -0.1) is 10.6 Å². The van der Waals surface area contributed by atoms with Gasteiger partial charge in [-0.05, 0) is 23.8 Å². The van der Waals surface area contributed by atoms with Crippen molar-refractivity contribution in [1.29, 1.82) is 0 Å². The quantitative estimate of drug-likeness (QED) is 0.541. The van der Waals surface area contributed by atoms with Crippen molar-refractivity contribution in [2.75, 3.05) is 5.73 Å². The molecule has 1 aliphatic heterocycles. The van der Waals surface area contributed by atoms with Crippen LogP contribution in [0.5, 0.6) is 0 Å². The first kappa shape index (κ1) is 7.67. The molecule has 0 spiro atoms. The monoisotopic (exact) mass is 183 g/mol. The van der Waals surface area contributed by atoms with Gasteiger partial charge in [0.05, 0.1) is 4.90 Å². The van der Waals surface area contributed by atoms with Crippen molar-refractivity contribution in [1.82, 2.24) is 0 Å². The fourth-order valence-electron chi connectivity index (χ4n) is 1.19. The van der Waals surface area contributed by atoms with Gasteiger partial charge in [0.1, 0.15) is 0 Å². The molecule has 0 aliphatic carbocycles. The lowest BCUT2D eigenvalue weighted by Crippen LogP contribution is -1.93. The lowest BCUT2D eigenvalue weighted by Gasteiger charge is -2.25. The first-order valence-corrected chi connectivity index (χ1v) is 5.06. The van der Waals surface area contributed by atoms with Crippen LogP contribution in [0.15, 0.2) is 28.5 Å². The van der Waals surface area contributed by atoms with Crippen LogP contribution in [0.4, 0.5) is 5.69 Å². The second-order valence-electron chi connectivity index (χ2n) is 2.69. The van der Waals surface area contributed by atoms with Crippen molar-refractivity contribution in [3.63, 3.8) is 0 Å². The highest BCUT2D eigenvalue weighted by molar-refractivity contribution is 8.27. The number of hydrogen-bond acceptors (Lipinski definition) is 3. The lowest BCUT2D eigenvalue weighted by molar-refractivity contribution is 0.501. The van der Waals surface area contributed by atoms with Crippen LogP contribution < -0.4 is 5.73 Å². The van der Waals surface area contributed by atoms with Crippen LogP contribution in [0.2, 0.25) is 0 Å². The molecule has 0 bridgehead atoms. The molecule has 0 radical (unpaired) electrons. The van der Waals surface area contributed by atoms with Gasteiger partial charge < -0.3 is 5.73 Å². The Hall–Kier alpha value is -0.970. The normalized spacial score (nSPS) is 20.5. The van der Waals surface area contributed by atoms with Crippen LogP contribution in [0, 0.1) is 0 Å². The minimum absolute atomic E-state index is 0.530. The number of anilines is 1. The second kappa shape index (κ2) is 2.26. The molecule has 0 amide bonds. The molecule has 1 aromatic carbocycles. The van der Waals surface area contributed by atoms with Gasteiger partial charge in [0.25, 0.3) is 0 Å². The maximum absolute atomic E-state index is 9.47. The van der Waals surface area contributed by atoms with E-state index in [2.05, 4.69) is 0 Å². The Kier molecular flexibility index (Phi) is 1.44. The van der Waals surface area contributed by atoms with E-state index in [-0.39, 0.29) is 0 Å². The molecule has 0 atom stereocenters. The number of fused-ring (bicyclic) bond motifs is 1. The summed E-state index contributed by atoms with van der Waals surface area (Å²) in [5.74, 6) is 0. The Morgan fingerprint density at radius 3 is 2.75 bits per heavy atom. The van der Waals surface area contributed by atoms with E-state index in [0.717, 1.165) is 5.56 Å². The zero-order valence-corrected chi connectivity index (χ0v) is 7.08. The summed E-state index contributed by atoms with van der Waals surface area (Å²) in [6, 6.07) is 5.12. The standard InChI is InChI=1S/C8H9NO2S/c9-7-2-1-6-3-4-12(10,11)8(6)5-7/h1-5,10-11H,9H2. The van der Waals surface area contributed by atoms with Crippen LogP contribution in [0.1, 0.15) is 5.56 Å². The first-order chi connectivity index (χ1) is 5.59. The minimum atomic E-state index is -2.69. The maximum atomic E-state index is 9.47. The number of nitrogens with two attached hydrogens (primary N) is 1. The second-order valence-corrected chi connectivity index (χ2v) is 4.59. The molecule has 0 saturated carbocycles. The number of hydrogen-bond donors (Lipinski definition) is 3. The van der Waals surface area contributed by atoms with Crippen molar-refractivity contribution in [3.05, 3.63) is 29.2 Å². The minimum Gasteiger partial charge on any atom is -0.399 e. The van der Waals surface area contributed by atoms with Gasteiger partial charge in [-0.3, -0.25) is 9.11 Å². The van der Waals surface area contributed by atoms with Crippen LogP contribution >= 0.6 is 10.6 Å². The van der Waals surface area contributed by atoms with E-state index in [4.69, 9.17) is 5.73 Å². The fraction of sp³-hybridized carbons (Fsp3) is 0. The van der Waals surface area contributed by atoms with Gasteiger partial charge in [0.15, 0.2) is 0 Å². The van der Waals surface area contributed by atoms with E-state index in [1.807, 2.05) is 0 Å². The third-order valence-corrected chi connectivity index (χ3v) is 3.32. The Labute approximate surface area is 71.9 Å². The molecule has 4 N–H and O–H groups in total. The van der Waals surface area contributed by atoms with E-state index in [9.17, 15) is 9.11 Å². The topological polar surface area (TPSA) is 66.5 Å². The van der Waals surface area contributed by atoms with Gasteiger partial charge in [-0.25, -0.2) is 0 Å². The zero-order chi connectivity index (χ0) is 8.77. The molecule has 4 heteroatoms. The van der Waals surface area contributed by atoms with Crippen LogP contribution in [0.3, 0.4) is 0 Å². The molecule has 0 fully saturated rings. The highest BCUT2D eigenvalue weighted by Crippen LogP contribution is 2.56. The van der Waals surface area contributed by atoms with Crippen molar-refractivity contribution < 1.29 is 9.11 Å². The molecule has 2 rings (SSSR count). The van der Waals surface area contributed by atoms with E-state index < -0.39 is 10.6 Å². The van der Waals surface area contributed by atoms with Crippen LogP contribution in [-0.2, 0) is 0 Å². The molecule has 1 aromatic rings. The summed E-state index contributed by atoms with van der Waals surface area (Å²) >= 11 is 0. The zero-order valence-electron chi connectivity index (χ0n) is 6.27. The van der Waals surface area contributed by atoms with E-state index >= 15 is 0 Å². The molecule has 1 heterocycles. The van der Waals surface area contributed by atoms with E-state index in [0.29, 0.717) is 10.6 Å². The summed E-state index contributed by atoms with van der Waals surface area (Å²) in [6.45, 7) is 0. The van der Waals surface area contributed by atoms with Gasteiger partial charge in [-0.1, -0.05) is 6.07 Å². The molecule has 1 aliphatic rings. The van der Waals surface area contributed by atoms with Crippen molar-refractivity contribution >= 4 is 22.4 Å². The number of benzene rings is 1. The molecule has 3 nitrogen and oxygen atoms in total. The summed E-state index contributed by atoms with van der Waals surface area (Å²) in [5.41, 5.74) is 6.91. The van der Waals surface area contributed by atoms with E-state index in [1.54, 1.807) is 24.3 Å². The molecule has 0 unspecified atom stereocenters. The molecular formula is C8H9NO2S.